The number of sulfone groups is 1. The quantitative estimate of drug-likeness (QED) is 0.432. The van der Waals surface area contributed by atoms with E-state index in [9.17, 15) is 13.2 Å². The molecule has 26 heavy (non-hydrogen) atoms. The first-order valence-electron chi connectivity index (χ1n) is 7.09. The van der Waals surface area contributed by atoms with Gasteiger partial charge in [-0.25, -0.2) is 8.42 Å². The summed E-state index contributed by atoms with van der Waals surface area (Å²) in [5, 5.41) is 11.2. The molecule has 1 aromatic carbocycles. The highest BCUT2D eigenvalue weighted by molar-refractivity contribution is 7.90. The molecular weight excluding hydrogens is 378 g/mol. The smallest absolute Gasteiger partial charge is 0.251 e. The number of carbonyl (C=O) groups excluding carboxylic acids is 1. The fraction of sp³-hybridized carbons (Fsp3) is 0.214. The normalized spacial score (nSPS) is 10.5. The van der Waals surface area contributed by atoms with Crippen LogP contribution in [0.4, 0.5) is 5.69 Å². The molecule has 0 unspecified atom stereocenters. The zero-order valence-electron chi connectivity index (χ0n) is 13.5. The van der Waals surface area contributed by atoms with Crippen molar-refractivity contribution in [2.45, 2.75) is 18.0 Å². The van der Waals surface area contributed by atoms with Crippen LogP contribution in [0.25, 0.3) is 20.9 Å². The third-order valence-corrected chi connectivity index (χ3v) is 5.46. The fourth-order valence-electron chi connectivity index (χ4n) is 2.17. The minimum Gasteiger partial charge on any atom is -0.347 e. The van der Waals surface area contributed by atoms with Crippen LogP contribution in [0.2, 0.25) is 0 Å². The molecule has 2 aromatic rings. The summed E-state index contributed by atoms with van der Waals surface area (Å²) >= 11 is 1.22. The SMILES string of the molecule is CS(=O)(=O)c1ccsc1CNC(=O)c1cc(CN=[N+]=[N-])cc(N=[N+]=[N-])c1. The van der Waals surface area contributed by atoms with Crippen molar-refractivity contribution in [1.29, 1.82) is 0 Å². The average Bonchev–Trinajstić information content (AvgIpc) is 3.07. The Labute approximate surface area is 152 Å². The van der Waals surface area contributed by atoms with E-state index in [0.717, 1.165) is 6.26 Å². The van der Waals surface area contributed by atoms with Crippen LogP contribution in [0.5, 0.6) is 0 Å². The molecule has 0 radical (unpaired) electrons. The van der Waals surface area contributed by atoms with E-state index in [1.54, 1.807) is 5.38 Å². The second-order valence-electron chi connectivity index (χ2n) is 5.13. The van der Waals surface area contributed by atoms with Gasteiger partial charge in [-0.05, 0) is 46.3 Å². The summed E-state index contributed by atoms with van der Waals surface area (Å²) in [6.45, 7) is 0.0328. The van der Waals surface area contributed by atoms with Crippen LogP contribution in [0, 0.1) is 0 Å². The van der Waals surface area contributed by atoms with Crippen molar-refractivity contribution < 1.29 is 13.2 Å². The maximum Gasteiger partial charge on any atom is 0.251 e. The van der Waals surface area contributed by atoms with Gasteiger partial charge in [0.2, 0.25) is 0 Å². The maximum atomic E-state index is 12.4. The number of amides is 1. The van der Waals surface area contributed by atoms with Crippen molar-refractivity contribution in [3.05, 3.63) is 66.5 Å². The molecule has 1 aromatic heterocycles. The molecular formula is C14H13N7O3S2. The zero-order chi connectivity index (χ0) is 19.2. The number of nitrogens with zero attached hydrogens (tertiary/aromatic N) is 6. The number of rotatable bonds is 7. The third-order valence-electron chi connectivity index (χ3n) is 3.23. The Kier molecular flexibility index (Phi) is 6.21. The largest absolute Gasteiger partial charge is 0.347 e. The van der Waals surface area contributed by atoms with Crippen molar-refractivity contribution in [2.24, 2.45) is 10.2 Å². The number of hydrogen-bond donors (Lipinski definition) is 1. The molecule has 10 nitrogen and oxygen atoms in total. The summed E-state index contributed by atoms with van der Waals surface area (Å²) in [6, 6.07) is 5.89. The molecule has 134 valence electrons. The van der Waals surface area contributed by atoms with E-state index in [-0.39, 0.29) is 29.2 Å². The van der Waals surface area contributed by atoms with Crippen molar-refractivity contribution in [3.63, 3.8) is 0 Å². The van der Waals surface area contributed by atoms with E-state index in [1.807, 2.05) is 0 Å². The minimum absolute atomic E-state index is 0.00524. The second-order valence-corrected chi connectivity index (χ2v) is 8.11. The number of hydrogen-bond acceptors (Lipinski definition) is 6. The van der Waals surface area contributed by atoms with E-state index >= 15 is 0 Å². The predicted octanol–water partition coefficient (Wildman–Crippen LogP) is 3.83. The van der Waals surface area contributed by atoms with E-state index < -0.39 is 15.7 Å². The summed E-state index contributed by atoms with van der Waals surface area (Å²) < 4.78 is 23.4. The highest BCUT2D eigenvalue weighted by Gasteiger charge is 2.16. The number of nitrogens with one attached hydrogen (secondary N) is 1. The molecule has 0 aliphatic carbocycles. The lowest BCUT2D eigenvalue weighted by Crippen LogP contribution is -2.23. The molecule has 1 heterocycles. The zero-order valence-corrected chi connectivity index (χ0v) is 15.2. The highest BCUT2D eigenvalue weighted by Crippen LogP contribution is 2.22. The summed E-state index contributed by atoms with van der Waals surface area (Å²) in [6.07, 6.45) is 1.10. The Morgan fingerprint density at radius 1 is 1.27 bits per heavy atom. The number of azide groups is 2. The number of carbonyl (C=O) groups is 1. The molecule has 0 saturated heterocycles. The van der Waals surface area contributed by atoms with Gasteiger partial charge in [0.25, 0.3) is 5.91 Å². The molecule has 1 N–H and O–H groups in total. The Balaban J connectivity index is 2.24. The lowest BCUT2D eigenvalue weighted by atomic mass is 10.1. The van der Waals surface area contributed by atoms with Gasteiger partial charge in [0.05, 0.1) is 18.0 Å². The van der Waals surface area contributed by atoms with Gasteiger partial charge in [0.15, 0.2) is 9.84 Å². The van der Waals surface area contributed by atoms with Gasteiger partial charge in [-0.3, -0.25) is 4.79 Å². The van der Waals surface area contributed by atoms with Crippen LogP contribution < -0.4 is 5.32 Å². The van der Waals surface area contributed by atoms with Crippen LogP contribution >= 0.6 is 11.3 Å². The molecule has 0 atom stereocenters. The molecule has 0 saturated carbocycles. The van der Waals surface area contributed by atoms with Gasteiger partial charge in [0, 0.05) is 32.2 Å². The summed E-state index contributed by atoms with van der Waals surface area (Å²) in [5.41, 5.74) is 17.9. The van der Waals surface area contributed by atoms with Crippen molar-refractivity contribution in [3.8, 4) is 0 Å². The standard InChI is InChI=1S/C14H13N7O3S2/c1-26(23,24)13-2-3-25-12(13)8-17-14(22)10-4-9(7-18-20-15)5-11(6-10)19-21-16/h2-6H,7-8H2,1H3,(H,17,22). The van der Waals surface area contributed by atoms with Gasteiger partial charge in [0.1, 0.15) is 0 Å². The van der Waals surface area contributed by atoms with E-state index in [1.165, 1.54) is 35.6 Å². The van der Waals surface area contributed by atoms with Crippen LogP contribution in [0.3, 0.4) is 0 Å². The first kappa shape index (κ1) is 19.3. The Hall–Kier alpha value is -3.04. The van der Waals surface area contributed by atoms with E-state index in [0.29, 0.717) is 10.4 Å². The molecule has 0 spiro atoms. The predicted molar refractivity (Wildman–Crippen MR) is 96.7 cm³/mol. The molecule has 0 aliphatic rings. The Morgan fingerprint density at radius 2 is 2.04 bits per heavy atom. The first-order chi connectivity index (χ1) is 12.3. The van der Waals surface area contributed by atoms with Gasteiger partial charge in [-0.1, -0.05) is 10.2 Å². The molecule has 0 bridgehead atoms. The topological polar surface area (TPSA) is 161 Å². The van der Waals surface area contributed by atoms with Gasteiger partial charge >= 0.3 is 0 Å². The molecule has 2 rings (SSSR count). The second kappa shape index (κ2) is 8.37. The molecule has 1 amide bonds. The average molecular weight is 391 g/mol. The van der Waals surface area contributed by atoms with E-state index in [2.05, 4.69) is 25.4 Å². The number of thiophene rings is 1. The van der Waals surface area contributed by atoms with Crippen LogP contribution in [0.1, 0.15) is 20.8 Å². The Morgan fingerprint density at radius 3 is 2.69 bits per heavy atom. The minimum atomic E-state index is -3.38. The molecule has 0 fully saturated rings. The fourth-order valence-corrected chi connectivity index (χ4v) is 4.36. The summed E-state index contributed by atoms with van der Waals surface area (Å²) in [5.74, 6) is -0.477. The van der Waals surface area contributed by atoms with Gasteiger partial charge in [-0.15, -0.1) is 11.3 Å². The lowest BCUT2D eigenvalue weighted by molar-refractivity contribution is 0.0951. The molecule has 0 aliphatic heterocycles. The highest BCUT2D eigenvalue weighted by atomic mass is 32.2. The van der Waals surface area contributed by atoms with Gasteiger partial charge in [-0.2, -0.15) is 0 Å². The maximum absolute atomic E-state index is 12.4. The van der Waals surface area contributed by atoms with Crippen molar-refractivity contribution in [1.82, 2.24) is 5.32 Å². The van der Waals surface area contributed by atoms with E-state index in [4.69, 9.17) is 11.1 Å². The number of benzene rings is 1. The van der Waals surface area contributed by atoms with Crippen LogP contribution in [-0.2, 0) is 22.9 Å². The van der Waals surface area contributed by atoms with Crippen molar-refractivity contribution in [2.75, 3.05) is 6.26 Å². The lowest BCUT2D eigenvalue weighted by Gasteiger charge is -2.08. The van der Waals surface area contributed by atoms with Crippen molar-refractivity contribution >= 4 is 32.8 Å². The first-order valence-corrected chi connectivity index (χ1v) is 9.87. The van der Waals surface area contributed by atoms with Crippen LogP contribution in [0.15, 0.2) is 44.8 Å². The monoisotopic (exact) mass is 391 g/mol. The van der Waals surface area contributed by atoms with Crippen LogP contribution in [-0.4, -0.2) is 20.6 Å². The summed E-state index contributed by atoms with van der Waals surface area (Å²) in [7, 11) is -3.38. The third kappa shape index (κ3) is 4.98. The summed E-state index contributed by atoms with van der Waals surface area (Å²) in [4.78, 5) is 18.4. The van der Waals surface area contributed by atoms with Gasteiger partial charge < -0.3 is 5.32 Å². The molecule has 12 heteroatoms. The Bertz CT molecular complexity index is 1030.